The molecule has 4 bridgehead atoms. The van der Waals surface area contributed by atoms with E-state index < -0.39 is 5.60 Å². The fourth-order valence-electron chi connectivity index (χ4n) is 7.01. The van der Waals surface area contributed by atoms with Crippen molar-refractivity contribution in [2.75, 3.05) is 7.11 Å². The van der Waals surface area contributed by atoms with Crippen LogP contribution in [0.5, 0.6) is 0 Å². The summed E-state index contributed by atoms with van der Waals surface area (Å²) in [5.74, 6) is 2.03. The SMILES string of the molecule is COCc1cc(C(=O)c2ccccc2C)ccc1C(=O)CC1C2CC3CC1CC(O)(C3)C2. The molecule has 2 atom stereocenters. The average molecular weight is 433 g/mol. The highest BCUT2D eigenvalue weighted by atomic mass is 16.5. The molecule has 0 spiro atoms. The molecule has 0 aromatic heterocycles. The Kier molecular flexibility index (Phi) is 5.55. The number of carbonyl (C=O) groups excluding carboxylic acids is 2. The van der Waals surface area contributed by atoms with Gasteiger partial charge in [0, 0.05) is 30.2 Å². The maximum atomic E-state index is 13.4. The third-order valence-corrected chi connectivity index (χ3v) is 8.21. The van der Waals surface area contributed by atoms with E-state index in [1.165, 1.54) is 0 Å². The van der Waals surface area contributed by atoms with Crippen LogP contribution in [0.3, 0.4) is 0 Å². The van der Waals surface area contributed by atoms with Crippen molar-refractivity contribution in [1.29, 1.82) is 0 Å². The third-order valence-electron chi connectivity index (χ3n) is 8.21. The van der Waals surface area contributed by atoms with E-state index >= 15 is 0 Å². The molecule has 4 aliphatic carbocycles. The molecule has 32 heavy (non-hydrogen) atoms. The van der Waals surface area contributed by atoms with Crippen LogP contribution in [0.4, 0.5) is 0 Å². The quantitative estimate of drug-likeness (QED) is 0.616. The number of benzene rings is 2. The average Bonchev–Trinajstić information content (AvgIpc) is 2.75. The van der Waals surface area contributed by atoms with Gasteiger partial charge in [0.25, 0.3) is 0 Å². The molecule has 0 radical (unpaired) electrons. The first-order chi connectivity index (χ1) is 15.4. The van der Waals surface area contributed by atoms with Gasteiger partial charge in [0.05, 0.1) is 12.2 Å². The predicted octanol–water partition coefficient (Wildman–Crippen LogP) is 5.13. The van der Waals surface area contributed by atoms with Crippen LogP contribution in [0.15, 0.2) is 42.5 Å². The van der Waals surface area contributed by atoms with Crippen LogP contribution < -0.4 is 0 Å². The Labute approximate surface area is 190 Å². The number of aliphatic hydroxyl groups is 1. The maximum Gasteiger partial charge on any atom is 0.193 e. The fourth-order valence-corrected chi connectivity index (χ4v) is 7.01. The normalized spacial score (nSPS) is 30.5. The molecule has 6 rings (SSSR count). The monoisotopic (exact) mass is 432 g/mol. The molecule has 1 N–H and O–H groups in total. The van der Waals surface area contributed by atoms with Gasteiger partial charge in [0.2, 0.25) is 0 Å². The zero-order valence-electron chi connectivity index (χ0n) is 19.0. The number of hydrogen-bond acceptors (Lipinski definition) is 4. The van der Waals surface area contributed by atoms with Gasteiger partial charge in [-0.2, -0.15) is 0 Å². The second-order valence-corrected chi connectivity index (χ2v) is 10.4. The fraction of sp³-hybridized carbons (Fsp3) is 0.500. The molecule has 0 amide bonds. The van der Waals surface area contributed by atoms with E-state index in [1.807, 2.05) is 43.3 Å². The maximum absolute atomic E-state index is 13.4. The number of methoxy groups -OCH3 is 1. The van der Waals surface area contributed by atoms with Gasteiger partial charge in [-0.05, 0) is 79.9 Å². The lowest BCUT2D eigenvalue weighted by Gasteiger charge is -2.58. The van der Waals surface area contributed by atoms with Crippen molar-refractivity contribution in [3.63, 3.8) is 0 Å². The zero-order valence-corrected chi connectivity index (χ0v) is 19.0. The van der Waals surface area contributed by atoms with Crippen molar-refractivity contribution in [1.82, 2.24) is 0 Å². The minimum atomic E-state index is -0.477. The van der Waals surface area contributed by atoms with Gasteiger partial charge in [-0.25, -0.2) is 0 Å². The summed E-state index contributed by atoms with van der Waals surface area (Å²) in [5.41, 5.74) is 3.17. The molecule has 4 heteroatoms. The first-order valence-corrected chi connectivity index (χ1v) is 11.8. The topological polar surface area (TPSA) is 63.6 Å². The Hall–Kier alpha value is -2.30. The van der Waals surface area contributed by atoms with Crippen LogP contribution >= 0.6 is 0 Å². The lowest BCUT2D eigenvalue weighted by atomic mass is 9.49. The summed E-state index contributed by atoms with van der Waals surface area (Å²) >= 11 is 0. The van der Waals surface area contributed by atoms with Gasteiger partial charge in [-0.1, -0.05) is 36.4 Å². The summed E-state index contributed by atoms with van der Waals surface area (Å²) in [6.07, 6.45) is 5.51. The van der Waals surface area contributed by atoms with Gasteiger partial charge in [-0.15, -0.1) is 0 Å². The van der Waals surface area contributed by atoms with Crippen LogP contribution in [-0.4, -0.2) is 29.4 Å². The molecule has 4 aliphatic rings. The molecule has 2 aromatic rings. The minimum Gasteiger partial charge on any atom is -0.390 e. The van der Waals surface area contributed by atoms with E-state index in [2.05, 4.69) is 0 Å². The Bertz CT molecular complexity index is 1040. The van der Waals surface area contributed by atoms with E-state index in [0.29, 0.717) is 53.4 Å². The van der Waals surface area contributed by atoms with Gasteiger partial charge < -0.3 is 9.84 Å². The molecule has 0 aliphatic heterocycles. The van der Waals surface area contributed by atoms with Crippen LogP contribution in [0.2, 0.25) is 0 Å². The van der Waals surface area contributed by atoms with Crippen molar-refractivity contribution in [2.45, 2.75) is 57.7 Å². The number of carbonyl (C=O) groups is 2. The molecule has 4 fully saturated rings. The summed E-state index contributed by atoms with van der Waals surface area (Å²) in [6, 6.07) is 13.0. The molecule has 2 unspecified atom stereocenters. The smallest absolute Gasteiger partial charge is 0.193 e. The summed E-state index contributed by atoms with van der Waals surface area (Å²) in [5, 5.41) is 10.8. The van der Waals surface area contributed by atoms with E-state index in [1.54, 1.807) is 13.2 Å². The first kappa shape index (κ1) is 21.5. The highest BCUT2D eigenvalue weighted by molar-refractivity contribution is 6.10. The second-order valence-electron chi connectivity index (χ2n) is 10.4. The molecule has 0 heterocycles. The highest BCUT2D eigenvalue weighted by Crippen LogP contribution is 2.59. The number of Topliss-reactive ketones (excluding diaryl/α,β-unsaturated/α-hetero) is 1. The zero-order chi connectivity index (χ0) is 22.5. The van der Waals surface area contributed by atoms with E-state index in [0.717, 1.165) is 43.2 Å². The van der Waals surface area contributed by atoms with Crippen LogP contribution in [0, 0.1) is 30.6 Å². The number of aryl methyl sites for hydroxylation is 1. The van der Waals surface area contributed by atoms with Crippen LogP contribution in [0.25, 0.3) is 0 Å². The van der Waals surface area contributed by atoms with Crippen LogP contribution in [0.1, 0.15) is 75.9 Å². The lowest BCUT2D eigenvalue weighted by Crippen LogP contribution is -2.54. The van der Waals surface area contributed by atoms with Gasteiger partial charge in [0.1, 0.15) is 0 Å². The Morgan fingerprint density at radius 1 is 1.03 bits per heavy atom. The summed E-state index contributed by atoms with van der Waals surface area (Å²) in [4.78, 5) is 26.5. The Balaban J connectivity index is 1.38. The number of ketones is 2. The minimum absolute atomic E-state index is 0.0336. The molecule has 4 saturated carbocycles. The third kappa shape index (κ3) is 3.84. The number of rotatable bonds is 7. The number of ether oxygens (including phenoxy) is 1. The Morgan fingerprint density at radius 2 is 1.75 bits per heavy atom. The van der Waals surface area contributed by atoms with E-state index in [4.69, 9.17) is 4.74 Å². The van der Waals surface area contributed by atoms with Crippen molar-refractivity contribution >= 4 is 11.6 Å². The largest absolute Gasteiger partial charge is 0.390 e. The molecular formula is C28H32O4. The van der Waals surface area contributed by atoms with Crippen LogP contribution in [-0.2, 0) is 11.3 Å². The van der Waals surface area contributed by atoms with E-state index in [9.17, 15) is 14.7 Å². The van der Waals surface area contributed by atoms with Crippen molar-refractivity contribution in [2.24, 2.45) is 23.7 Å². The summed E-state index contributed by atoms with van der Waals surface area (Å²) in [6.45, 7) is 2.23. The molecule has 2 aromatic carbocycles. The molecular weight excluding hydrogens is 400 g/mol. The molecule has 168 valence electrons. The Morgan fingerprint density at radius 3 is 2.41 bits per heavy atom. The van der Waals surface area contributed by atoms with Gasteiger partial charge in [0.15, 0.2) is 11.6 Å². The number of hydrogen-bond donors (Lipinski definition) is 1. The second kappa shape index (κ2) is 8.24. The molecule has 0 saturated heterocycles. The standard InChI is InChI=1S/C28H32O4/c1-17-5-3-4-6-23(17)27(30)19-7-8-24(22(11-19)16-32-2)26(29)12-25-20-9-18-10-21(25)15-28(31,13-18)14-20/h3-8,11,18,20-21,25,31H,9-10,12-16H2,1-2H3. The van der Waals surface area contributed by atoms with Gasteiger partial charge in [-0.3, -0.25) is 9.59 Å². The summed E-state index contributed by atoms with van der Waals surface area (Å²) < 4.78 is 5.38. The van der Waals surface area contributed by atoms with Gasteiger partial charge >= 0.3 is 0 Å². The highest BCUT2D eigenvalue weighted by Gasteiger charge is 2.54. The van der Waals surface area contributed by atoms with Crippen molar-refractivity contribution < 1.29 is 19.4 Å². The lowest BCUT2D eigenvalue weighted by molar-refractivity contribution is -0.151. The summed E-state index contributed by atoms with van der Waals surface area (Å²) in [7, 11) is 1.61. The molecule has 4 nitrogen and oxygen atoms in total. The first-order valence-electron chi connectivity index (χ1n) is 11.8. The van der Waals surface area contributed by atoms with Crippen molar-refractivity contribution in [3.8, 4) is 0 Å². The van der Waals surface area contributed by atoms with E-state index in [-0.39, 0.29) is 11.6 Å². The van der Waals surface area contributed by atoms with Crippen molar-refractivity contribution in [3.05, 3.63) is 70.3 Å². The predicted molar refractivity (Wildman–Crippen MR) is 123 cm³/mol.